The van der Waals surface area contributed by atoms with E-state index in [1.165, 1.54) is 32.5 Å². The summed E-state index contributed by atoms with van der Waals surface area (Å²) >= 11 is 0. The average Bonchev–Trinajstić information content (AvgIpc) is 2.82. The van der Waals surface area contributed by atoms with E-state index >= 15 is 0 Å². The molecule has 0 aromatic carbocycles. The van der Waals surface area contributed by atoms with Gasteiger partial charge in [0.05, 0.1) is 0 Å². The lowest BCUT2D eigenvalue weighted by atomic mass is 9.86. The summed E-state index contributed by atoms with van der Waals surface area (Å²) in [5.41, 5.74) is 0. The van der Waals surface area contributed by atoms with Gasteiger partial charge in [-0.05, 0) is 50.9 Å². The van der Waals surface area contributed by atoms with E-state index in [0.29, 0.717) is 17.9 Å². The molecule has 1 amide bonds. The van der Waals surface area contributed by atoms with Crippen molar-refractivity contribution in [3.63, 3.8) is 0 Å². The molecule has 3 aliphatic rings. The maximum absolute atomic E-state index is 11.9. The van der Waals surface area contributed by atoms with Crippen molar-refractivity contribution < 1.29 is 4.79 Å². The van der Waals surface area contributed by atoms with E-state index in [1.54, 1.807) is 0 Å². The Morgan fingerprint density at radius 2 is 1.80 bits per heavy atom. The maximum atomic E-state index is 11.9. The Morgan fingerprint density at radius 1 is 1.15 bits per heavy atom. The number of nitrogens with zero attached hydrogens (tertiary/aromatic N) is 2. The molecule has 3 nitrogen and oxygen atoms in total. The molecule has 0 bridgehead atoms. The Balaban J connectivity index is 1.53. The van der Waals surface area contributed by atoms with Crippen LogP contribution in [0.4, 0.5) is 0 Å². The lowest BCUT2D eigenvalue weighted by Crippen LogP contribution is -2.46. The second-order valence-corrected chi connectivity index (χ2v) is 7.23. The van der Waals surface area contributed by atoms with Crippen molar-refractivity contribution in [3.05, 3.63) is 12.2 Å². The number of hydrogen-bond donors (Lipinski definition) is 0. The quantitative estimate of drug-likeness (QED) is 0.740. The first-order valence-electron chi connectivity index (χ1n) is 8.30. The van der Waals surface area contributed by atoms with E-state index in [2.05, 4.69) is 35.8 Å². The van der Waals surface area contributed by atoms with Gasteiger partial charge in [-0.2, -0.15) is 0 Å². The van der Waals surface area contributed by atoms with Gasteiger partial charge in [-0.1, -0.05) is 12.2 Å². The van der Waals surface area contributed by atoms with Gasteiger partial charge in [-0.25, -0.2) is 0 Å². The molecule has 112 valence electrons. The predicted octanol–water partition coefficient (Wildman–Crippen LogP) is 2.53. The smallest absolute Gasteiger partial charge is 0.222 e. The fraction of sp³-hybridized carbons (Fsp3) is 0.824. The molecule has 3 heteroatoms. The Bertz CT molecular complexity index is 374. The monoisotopic (exact) mass is 276 g/mol. The number of hydrogen-bond acceptors (Lipinski definition) is 2. The molecule has 2 heterocycles. The highest BCUT2D eigenvalue weighted by atomic mass is 16.2. The number of carbonyl (C=O) groups is 1. The zero-order valence-electron chi connectivity index (χ0n) is 12.9. The zero-order chi connectivity index (χ0) is 14.1. The van der Waals surface area contributed by atoms with E-state index in [-0.39, 0.29) is 0 Å². The highest BCUT2D eigenvalue weighted by Crippen LogP contribution is 2.33. The molecule has 3 rings (SSSR count). The molecule has 1 unspecified atom stereocenters. The van der Waals surface area contributed by atoms with E-state index in [4.69, 9.17) is 0 Å². The van der Waals surface area contributed by atoms with Gasteiger partial charge in [-0.15, -0.1) is 0 Å². The Morgan fingerprint density at radius 3 is 2.40 bits per heavy atom. The minimum absolute atomic E-state index is 0.357. The third kappa shape index (κ3) is 2.93. The molecular formula is C17H28N2O. The summed E-state index contributed by atoms with van der Waals surface area (Å²) in [4.78, 5) is 16.7. The summed E-state index contributed by atoms with van der Waals surface area (Å²) in [6.07, 6.45) is 9.14. The number of allylic oxidation sites excluding steroid dienone is 2. The van der Waals surface area contributed by atoms with Crippen molar-refractivity contribution in [1.82, 2.24) is 9.80 Å². The van der Waals surface area contributed by atoms with Crippen LogP contribution in [0.1, 0.15) is 39.5 Å². The molecule has 2 fully saturated rings. The fourth-order valence-corrected chi connectivity index (χ4v) is 4.22. The van der Waals surface area contributed by atoms with Gasteiger partial charge in [0.1, 0.15) is 0 Å². The van der Waals surface area contributed by atoms with E-state index in [9.17, 15) is 4.79 Å². The lowest BCUT2D eigenvalue weighted by Gasteiger charge is -2.37. The van der Waals surface area contributed by atoms with Crippen molar-refractivity contribution >= 4 is 5.91 Å². The molecule has 0 radical (unpaired) electrons. The van der Waals surface area contributed by atoms with Gasteiger partial charge in [0.25, 0.3) is 0 Å². The third-order valence-electron chi connectivity index (χ3n) is 5.38. The highest BCUT2D eigenvalue weighted by Gasteiger charge is 2.35. The fourth-order valence-electron chi connectivity index (χ4n) is 4.22. The molecule has 3 atom stereocenters. The van der Waals surface area contributed by atoms with Crippen LogP contribution in [-0.4, -0.2) is 47.9 Å². The van der Waals surface area contributed by atoms with Crippen molar-refractivity contribution in [2.24, 2.45) is 17.8 Å². The Kier molecular flexibility index (Phi) is 4.16. The SMILES string of the molecule is CC(C)N1CC(CN2C[C@H]3CC=CC[C@H]3C2)CCC1=O. The number of amides is 1. The van der Waals surface area contributed by atoms with Crippen molar-refractivity contribution in [2.75, 3.05) is 26.2 Å². The summed E-state index contributed by atoms with van der Waals surface area (Å²) in [6, 6.07) is 0.357. The molecule has 0 saturated carbocycles. The first kappa shape index (κ1) is 14.1. The third-order valence-corrected chi connectivity index (χ3v) is 5.38. The summed E-state index contributed by atoms with van der Waals surface area (Å²) in [5.74, 6) is 2.83. The minimum atomic E-state index is 0.357. The highest BCUT2D eigenvalue weighted by molar-refractivity contribution is 5.77. The zero-order valence-corrected chi connectivity index (χ0v) is 12.9. The first-order valence-corrected chi connectivity index (χ1v) is 8.30. The van der Waals surface area contributed by atoms with Crippen LogP contribution >= 0.6 is 0 Å². The molecule has 0 N–H and O–H groups in total. The summed E-state index contributed by atoms with van der Waals surface area (Å²) < 4.78 is 0. The number of likely N-dealkylation sites (tertiary alicyclic amines) is 2. The number of fused-ring (bicyclic) bond motifs is 1. The second-order valence-electron chi connectivity index (χ2n) is 7.23. The van der Waals surface area contributed by atoms with Gasteiger partial charge >= 0.3 is 0 Å². The predicted molar refractivity (Wildman–Crippen MR) is 81.4 cm³/mol. The molecule has 0 aromatic heterocycles. The molecule has 20 heavy (non-hydrogen) atoms. The maximum Gasteiger partial charge on any atom is 0.222 e. The molecule has 0 spiro atoms. The normalized spacial score (nSPS) is 34.9. The first-order chi connectivity index (χ1) is 9.63. The van der Waals surface area contributed by atoms with Gasteiger partial charge in [0.2, 0.25) is 5.91 Å². The van der Waals surface area contributed by atoms with Crippen molar-refractivity contribution in [1.29, 1.82) is 0 Å². The number of piperidine rings is 1. The van der Waals surface area contributed by atoms with Crippen LogP contribution in [-0.2, 0) is 4.79 Å². The molecular weight excluding hydrogens is 248 g/mol. The van der Waals surface area contributed by atoms with Crippen LogP contribution in [0.25, 0.3) is 0 Å². The van der Waals surface area contributed by atoms with Crippen LogP contribution < -0.4 is 0 Å². The second kappa shape index (κ2) is 5.88. The van der Waals surface area contributed by atoms with Crippen LogP contribution in [0.15, 0.2) is 12.2 Å². The largest absolute Gasteiger partial charge is 0.340 e. The van der Waals surface area contributed by atoms with E-state index in [0.717, 1.165) is 31.2 Å². The van der Waals surface area contributed by atoms with Crippen molar-refractivity contribution in [3.8, 4) is 0 Å². The van der Waals surface area contributed by atoms with Crippen molar-refractivity contribution in [2.45, 2.75) is 45.6 Å². The van der Waals surface area contributed by atoms with Crippen LogP contribution in [0.3, 0.4) is 0 Å². The van der Waals surface area contributed by atoms with E-state index < -0.39 is 0 Å². The number of carbonyl (C=O) groups excluding carboxylic acids is 1. The molecule has 2 aliphatic heterocycles. The summed E-state index contributed by atoms with van der Waals surface area (Å²) in [5, 5.41) is 0. The van der Waals surface area contributed by atoms with Gasteiger partial charge < -0.3 is 9.80 Å². The Labute approximate surface area is 123 Å². The van der Waals surface area contributed by atoms with Crippen LogP contribution in [0.2, 0.25) is 0 Å². The molecule has 1 aliphatic carbocycles. The van der Waals surface area contributed by atoms with Crippen LogP contribution in [0, 0.1) is 17.8 Å². The average molecular weight is 276 g/mol. The van der Waals surface area contributed by atoms with Crippen LogP contribution in [0.5, 0.6) is 0 Å². The standard InChI is InChI=1S/C17H28N2O/c1-13(2)19-10-14(7-8-17(19)20)9-18-11-15-5-3-4-6-16(15)12-18/h3-4,13-16H,5-12H2,1-2H3/t14?,15-,16+. The molecule has 0 aromatic rings. The lowest BCUT2D eigenvalue weighted by molar-refractivity contribution is -0.136. The topological polar surface area (TPSA) is 23.6 Å². The van der Waals surface area contributed by atoms with Gasteiger partial charge in [-0.3, -0.25) is 4.79 Å². The van der Waals surface area contributed by atoms with Gasteiger partial charge in [0, 0.05) is 38.6 Å². The molecule has 2 saturated heterocycles. The summed E-state index contributed by atoms with van der Waals surface area (Å²) in [7, 11) is 0. The van der Waals surface area contributed by atoms with Gasteiger partial charge in [0.15, 0.2) is 0 Å². The number of rotatable bonds is 3. The van der Waals surface area contributed by atoms with E-state index in [1.807, 2.05) is 0 Å². The summed E-state index contributed by atoms with van der Waals surface area (Å²) in [6.45, 7) is 9.00. The Hall–Kier alpha value is -0.830. The minimum Gasteiger partial charge on any atom is -0.340 e.